The van der Waals surface area contributed by atoms with Gasteiger partial charge in [0.05, 0.1) is 24.2 Å². The molecular formula is C24H37N5O5. The third kappa shape index (κ3) is 8.36. The number of carbonyl (C=O) groups is 2. The summed E-state index contributed by atoms with van der Waals surface area (Å²) in [6, 6.07) is 5.01. The highest BCUT2D eigenvalue weighted by Crippen LogP contribution is 2.31. The Kier molecular flexibility index (Phi) is 12.7. The molecule has 2 aromatic rings. The van der Waals surface area contributed by atoms with Gasteiger partial charge >= 0.3 is 0 Å². The van der Waals surface area contributed by atoms with Gasteiger partial charge in [-0.25, -0.2) is 0 Å². The minimum Gasteiger partial charge on any atom is -0.486 e. The molecule has 3 rings (SSSR count). The monoisotopic (exact) mass is 475 g/mol. The number of aryl methyl sites for hydroxylation is 1. The zero-order valence-electron chi connectivity index (χ0n) is 20.7. The van der Waals surface area contributed by atoms with Crippen molar-refractivity contribution in [1.29, 1.82) is 5.41 Å². The first-order chi connectivity index (χ1) is 16.5. The number of anilines is 1. The molecule has 3 N–H and O–H groups in total. The maximum absolute atomic E-state index is 12.7. The Morgan fingerprint density at radius 3 is 2.47 bits per heavy atom. The number of hydrogen-bond donors (Lipinski definition) is 3. The number of fused-ring (bicyclic) bond motifs is 1. The van der Waals surface area contributed by atoms with Gasteiger partial charge in [0.2, 0.25) is 0 Å². The molecular weight excluding hydrogens is 438 g/mol. The summed E-state index contributed by atoms with van der Waals surface area (Å²) < 4.78 is 17.5. The number of carbonyl (C=O) groups excluding carboxylic acids is 2. The van der Waals surface area contributed by atoms with Crippen LogP contribution in [0.1, 0.15) is 34.7 Å². The number of nitrogens with one attached hydrogen (secondary N) is 3. The van der Waals surface area contributed by atoms with Gasteiger partial charge in [0.25, 0.3) is 11.8 Å². The van der Waals surface area contributed by atoms with Crippen LogP contribution in [0.25, 0.3) is 0 Å². The minimum absolute atomic E-state index is 0. The number of allylic oxidation sites excluding steroid dienone is 1. The maximum Gasteiger partial charge on any atom is 0.261 e. The van der Waals surface area contributed by atoms with Crippen molar-refractivity contribution in [3.63, 3.8) is 0 Å². The molecule has 0 radical (unpaired) electrons. The van der Waals surface area contributed by atoms with Gasteiger partial charge in [-0.1, -0.05) is 27.7 Å². The number of rotatable bonds is 8. The number of methoxy groups -OCH3 is 1. The van der Waals surface area contributed by atoms with Crippen LogP contribution in [0.3, 0.4) is 0 Å². The van der Waals surface area contributed by atoms with E-state index in [4.69, 9.17) is 19.6 Å². The Bertz CT molecular complexity index is 990. The predicted molar refractivity (Wildman–Crippen MR) is 134 cm³/mol. The molecule has 0 aliphatic carbocycles. The third-order valence-electron chi connectivity index (χ3n) is 4.19. The van der Waals surface area contributed by atoms with Gasteiger partial charge in [-0.2, -0.15) is 5.10 Å². The molecule has 1 aliphatic heterocycles. The smallest absolute Gasteiger partial charge is 0.261 e. The zero-order valence-corrected chi connectivity index (χ0v) is 20.7. The summed E-state index contributed by atoms with van der Waals surface area (Å²) in [4.78, 5) is 25.3. The van der Waals surface area contributed by atoms with Gasteiger partial charge in [0, 0.05) is 33.9 Å². The predicted octanol–water partition coefficient (Wildman–Crippen LogP) is 3.19. The average molecular weight is 476 g/mol. The summed E-state index contributed by atoms with van der Waals surface area (Å²) in [6.45, 7) is 9.40. The van der Waals surface area contributed by atoms with Crippen LogP contribution in [0.5, 0.6) is 11.5 Å². The van der Waals surface area contributed by atoms with Crippen LogP contribution >= 0.6 is 0 Å². The molecule has 0 unspecified atom stereocenters. The summed E-state index contributed by atoms with van der Waals surface area (Å²) in [6.07, 6.45) is 4.29. The molecule has 34 heavy (non-hydrogen) atoms. The zero-order chi connectivity index (χ0) is 25.5. The van der Waals surface area contributed by atoms with Crippen molar-refractivity contribution < 1.29 is 25.2 Å². The highest BCUT2D eigenvalue weighted by atomic mass is 16.6. The Hall–Kier alpha value is -3.66. The molecule has 0 bridgehead atoms. The van der Waals surface area contributed by atoms with Crippen molar-refractivity contribution in [2.24, 2.45) is 7.05 Å². The molecule has 10 nitrogen and oxygen atoms in total. The Balaban J connectivity index is 0.00000220. The number of ether oxygens (including phenoxy) is 3. The molecule has 1 aromatic carbocycles. The van der Waals surface area contributed by atoms with Crippen molar-refractivity contribution in [2.75, 3.05) is 38.8 Å². The molecule has 0 saturated carbocycles. The summed E-state index contributed by atoms with van der Waals surface area (Å²) >= 11 is 0. The van der Waals surface area contributed by atoms with Crippen molar-refractivity contribution in [1.82, 2.24) is 15.1 Å². The van der Waals surface area contributed by atoms with Crippen LogP contribution in [0.2, 0.25) is 0 Å². The summed E-state index contributed by atoms with van der Waals surface area (Å²) in [5.74, 6) is -0.160. The highest BCUT2D eigenvalue weighted by Gasteiger charge is 2.21. The highest BCUT2D eigenvalue weighted by molar-refractivity contribution is 6.26. The van der Waals surface area contributed by atoms with Gasteiger partial charge in [0.1, 0.15) is 18.8 Å². The Morgan fingerprint density at radius 1 is 1.18 bits per heavy atom. The first-order valence-electron chi connectivity index (χ1n) is 11.3. The molecule has 1 aliphatic rings. The van der Waals surface area contributed by atoms with Crippen molar-refractivity contribution in [3.8, 4) is 11.5 Å². The van der Waals surface area contributed by atoms with E-state index < -0.39 is 11.8 Å². The molecule has 0 fully saturated rings. The first-order valence-corrected chi connectivity index (χ1v) is 11.3. The third-order valence-corrected chi connectivity index (χ3v) is 4.19. The van der Waals surface area contributed by atoms with E-state index in [0.717, 1.165) is 0 Å². The van der Waals surface area contributed by atoms with Crippen LogP contribution in [0.15, 0.2) is 42.2 Å². The standard InChI is InChI=1S/C20H23N5O5.2C2H6.H2/c1-25-12-14(11-23-25)24-20(27)15(19(26)22-5-6-28-2)10-16(21)13-3-4-17-18(9-13)30-8-7-29-17;2*1-2;/h3-4,9-12,21H,5-8H2,1-2H3,(H,22,26)(H,24,27);2*1-2H3;1H/b15-10-,21-16?;;;. The topological polar surface area (TPSA) is 128 Å². The number of benzene rings is 1. The van der Waals surface area contributed by atoms with Crippen molar-refractivity contribution >= 4 is 23.2 Å². The maximum atomic E-state index is 12.7. The molecule has 0 atom stereocenters. The van der Waals surface area contributed by atoms with E-state index in [9.17, 15) is 9.59 Å². The van der Waals surface area contributed by atoms with Gasteiger partial charge in [0.15, 0.2) is 11.5 Å². The van der Waals surface area contributed by atoms with E-state index in [2.05, 4.69) is 15.7 Å². The lowest BCUT2D eigenvalue weighted by Crippen LogP contribution is -2.33. The second-order valence-corrected chi connectivity index (χ2v) is 6.44. The Labute approximate surface area is 202 Å². The van der Waals surface area contributed by atoms with E-state index in [1.54, 1.807) is 31.4 Å². The molecule has 188 valence electrons. The van der Waals surface area contributed by atoms with Crippen LogP contribution in [0, 0.1) is 5.41 Å². The molecule has 2 heterocycles. The van der Waals surface area contributed by atoms with Crippen LogP contribution < -0.4 is 20.1 Å². The van der Waals surface area contributed by atoms with Crippen molar-refractivity contribution in [2.45, 2.75) is 27.7 Å². The van der Waals surface area contributed by atoms with E-state index in [-0.39, 0.29) is 19.3 Å². The summed E-state index contributed by atoms with van der Waals surface area (Å²) in [5, 5.41) is 17.6. The number of amides is 2. The van der Waals surface area contributed by atoms with E-state index in [1.165, 1.54) is 24.1 Å². The van der Waals surface area contributed by atoms with Crippen molar-refractivity contribution in [3.05, 3.63) is 47.8 Å². The second kappa shape index (κ2) is 15.2. The molecule has 10 heteroatoms. The lowest BCUT2D eigenvalue weighted by Gasteiger charge is -2.18. The minimum atomic E-state index is -0.653. The molecule has 2 amide bonds. The Morgan fingerprint density at radius 2 is 1.85 bits per heavy atom. The van der Waals surface area contributed by atoms with E-state index in [1.807, 2.05) is 27.7 Å². The number of nitrogens with zero attached hydrogens (tertiary/aromatic N) is 2. The average Bonchev–Trinajstić information content (AvgIpc) is 3.28. The molecule has 0 saturated heterocycles. The van der Waals surface area contributed by atoms with Gasteiger partial charge < -0.3 is 30.3 Å². The quantitative estimate of drug-likeness (QED) is 0.177. The SMILES string of the molecule is CC.CC.COCCNC(=O)/C(=C/C(=N)c1ccc2c(c1)OCCO2)C(=O)Nc1cnn(C)c1.[HH]. The normalized spacial score (nSPS) is 11.8. The summed E-state index contributed by atoms with van der Waals surface area (Å²) in [5.41, 5.74) is 0.680. The number of aromatic nitrogens is 2. The van der Waals surface area contributed by atoms with E-state index >= 15 is 0 Å². The van der Waals surface area contributed by atoms with Gasteiger partial charge in [-0.05, 0) is 24.3 Å². The lowest BCUT2D eigenvalue weighted by atomic mass is 10.1. The number of hydrogen-bond acceptors (Lipinski definition) is 7. The largest absolute Gasteiger partial charge is 0.486 e. The van der Waals surface area contributed by atoms with Crippen LogP contribution in [0.4, 0.5) is 5.69 Å². The molecule has 0 spiro atoms. The molecule has 1 aromatic heterocycles. The fourth-order valence-corrected chi connectivity index (χ4v) is 2.72. The fourth-order valence-electron chi connectivity index (χ4n) is 2.72. The van der Waals surface area contributed by atoms with Gasteiger partial charge in [-0.3, -0.25) is 14.3 Å². The summed E-state index contributed by atoms with van der Waals surface area (Å²) in [7, 11) is 3.22. The lowest BCUT2D eigenvalue weighted by molar-refractivity contribution is -0.121. The van der Waals surface area contributed by atoms with E-state index in [0.29, 0.717) is 42.6 Å². The first kappa shape index (κ1) is 28.4. The van der Waals surface area contributed by atoms with Crippen LogP contribution in [-0.4, -0.2) is 60.8 Å². The van der Waals surface area contributed by atoms with Gasteiger partial charge in [-0.15, -0.1) is 0 Å². The second-order valence-electron chi connectivity index (χ2n) is 6.44. The van der Waals surface area contributed by atoms with Crippen LogP contribution in [-0.2, 0) is 21.4 Å². The fraction of sp³-hybridized carbons (Fsp3) is 0.417.